The monoisotopic (exact) mass is 264 g/mol. The Morgan fingerprint density at radius 1 is 1.40 bits per heavy atom. The minimum atomic E-state index is -1.59. The third kappa shape index (κ3) is 3.93. The molecule has 0 unspecified atom stereocenters. The zero-order valence-electron chi connectivity index (χ0n) is 8.07. The van der Waals surface area contributed by atoms with Gasteiger partial charge in [-0.15, -0.1) is 0 Å². The molecule has 0 saturated heterocycles. The summed E-state index contributed by atoms with van der Waals surface area (Å²) in [5, 5.41) is 0. The van der Waals surface area contributed by atoms with Crippen LogP contribution in [-0.4, -0.2) is 16.2 Å². The number of carbonyl (C=O) groups excluding carboxylic acids is 1. The molecule has 82 valence electrons. The van der Waals surface area contributed by atoms with Crippen LogP contribution in [0.4, 0.5) is 0 Å². The van der Waals surface area contributed by atoms with Gasteiger partial charge in [0.1, 0.15) is 0 Å². The molecule has 0 saturated carbocycles. The summed E-state index contributed by atoms with van der Waals surface area (Å²) in [5.41, 5.74) is 0. The highest BCUT2D eigenvalue weighted by atomic mass is 35.5. The summed E-state index contributed by atoms with van der Waals surface area (Å²) in [6.07, 6.45) is 0. The number of ether oxygens (including phenoxy) is 1. The minimum Gasteiger partial charge on any atom is -0.463 e. The highest BCUT2D eigenvalue weighted by Gasteiger charge is 2.36. The molecule has 2 nitrogen and oxygen atoms in total. The van der Waals surface area contributed by atoms with E-state index in [9.17, 15) is 4.79 Å². The fourth-order valence-electron chi connectivity index (χ4n) is 0.893. The molecule has 0 amide bonds. The highest BCUT2D eigenvalue weighted by molar-refractivity contribution is 8.04. The maximum Gasteiger partial charge on any atom is 0.353 e. The molecule has 1 rings (SSSR count). The molecular weight excluding hydrogens is 255 g/mol. The van der Waals surface area contributed by atoms with Crippen molar-refractivity contribution in [2.24, 2.45) is 0 Å². The van der Waals surface area contributed by atoms with Gasteiger partial charge in [-0.1, -0.05) is 53.2 Å². The van der Waals surface area contributed by atoms with Crippen LogP contribution >= 0.6 is 35.0 Å². The van der Waals surface area contributed by atoms with E-state index in [0.29, 0.717) is 0 Å². The van der Waals surface area contributed by atoms with E-state index in [0.717, 1.165) is 16.7 Å². The van der Waals surface area contributed by atoms with Crippen LogP contribution in [0.1, 0.15) is 6.92 Å². The second-order valence-electron chi connectivity index (χ2n) is 2.65. The van der Waals surface area contributed by atoms with Crippen molar-refractivity contribution in [3.8, 4) is 0 Å². The summed E-state index contributed by atoms with van der Waals surface area (Å²) in [5.74, 6) is -0.637. The molecule has 0 heterocycles. The van der Waals surface area contributed by atoms with Crippen LogP contribution in [0.2, 0.25) is 0 Å². The summed E-state index contributed by atoms with van der Waals surface area (Å²) < 4.78 is 3.17. The van der Waals surface area contributed by atoms with E-state index < -0.39 is 9.63 Å². The van der Waals surface area contributed by atoms with Gasteiger partial charge in [-0.2, -0.15) is 0 Å². The van der Waals surface area contributed by atoms with Gasteiger partial charge in [0.2, 0.25) is 0 Å². The summed E-state index contributed by atoms with van der Waals surface area (Å²) in [6.45, 7) is 1.96. The van der Waals surface area contributed by atoms with Crippen LogP contribution in [0.5, 0.6) is 0 Å². The van der Waals surface area contributed by atoms with E-state index in [4.69, 9.17) is 27.9 Å². The number of hydrogen-bond acceptors (Lipinski definition) is 3. The Bertz CT molecular complexity index is 327. The predicted octanol–water partition coefficient (Wildman–Crippen LogP) is 3.47. The van der Waals surface area contributed by atoms with Crippen molar-refractivity contribution in [3.63, 3.8) is 0 Å². The first-order chi connectivity index (χ1) is 7.06. The lowest BCUT2D eigenvalue weighted by Crippen LogP contribution is -2.24. The van der Waals surface area contributed by atoms with E-state index in [1.807, 2.05) is 30.3 Å². The Balaban J connectivity index is 2.68. The molecule has 0 atom stereocenters. The van der Waals surface area contributed by atoms with Gasteiger partial charge >= 0.3 is 5.97 Å². The van der Waals surface area contributed by atoms with E-state index >= 15 is 0 Å². The number of benzene rings is 1. The zero-order chi connectivity index (χ0) is 11.3. The van der Waals surface area contributed by atoms with Gasteiger partial charge in [-0.25, -0.2) is 4.79 Å². The Morgan fingerprint density at radius 3 is 2.53 bits per heavy atom. The number of rotatable bonds is 4. The van der Waals surface area contributed by atoms with Crippen LogP contribution < -0.4 is 0 Å². The van der Waals surface area contributed by atoms with Crippen molar-refractivity contribution in [1.29, 1.82) is 0 Å². The normalized spacial score (nSPS) is 11.1. The molecule has 0 aliphatic carbocycles. The van der Waals surface area contributed by atoms with Crippen molar-refractivity contribution in [2.75, 3.05) is 6.61 Å². The molecule has 0 aromatic heterocycles. The average Bonchev–Trinajstić information content (AvgIpc) is 2.19. The van der Waals surface area contributed by atoms with Gasteiger partial charge in [-0.3, -0.25) is 0 Å². The van der Waals surface area contributed by atoms with Gasteiger partial charge < -0.3 is 4.74 Å². The third-order valence-corrected chi connectivity index (χ3v) is 3.20. The maximum absolute atomic E-state index is 11.4. The Hall–Kier alpha value is -0.380. The van der Waals surface area contributed by atoms with Crippen molar-refractivity contribution < 1.29 is 9.53 Å². The molecule has 0 N–H and O–H groups in total. The Kier molecular flexibility index (Phi) is 4.77. The summed E-state index contributed by atoms with van der Waals surface area (Å²) in [4.78, 5) is 12.2. The van der Waals surface area contributed by atoms with Crippen molar-refractivity contribution >= 4 is 40.9 Å². The van der Waals surface area contributed by atoms with Crippen molar-refractivity contribution in [3.05, 3.63) is 30.3 Å². The summed E-state index contributed by atoms with van der Waals surface area (Å²) in [6, 6.07) is 9.21. The van der Waals surface area contributed by atoms with Gasteiger partial charge in [0.05, 0.1) is 6.61 Å². The molecule has 0 aliphatic heterocycles. The molecule has 0 aliphatic rings. The van der Waals surface area contributed by atoms with Crippen LogP contribution in [0.15, 0.2) is 35.2 Å². The average molecular weight is 265 g/mol. The molecule has 0 spiro atoms. The number of halogens is 2. The fraction of sp³-hybridized carbons (Fsp3) is 0.300. The maximum atomic E-state index is 11.4. The van der Waals surface area contributed by atoms with Crippen LogP contribution in [-0.2, 0) is 9.53 Å². The number of hydrogen-bond donors (Lipinski definition) is 0. The van der Waals surface area contributed by atoms with Crippen LogP contribution in [0, 0.1) is 0 Å². The second kappa shape index (κ2) is 5.64. The van der Waals surface area contributed by atoms with E-state index in [2.05, 4.69) is 0 Å². The Labute approximate surface area is 103 Å². The lowest BCUT2D eigenvalue weighted by molar-refractivity contribution is -0.141. The third-order valence-electron chi connectivity index (χ3n) is 1.50. The molecule has 15 heavy (non-hydrogen) atoms. The van der Waals surface area contributed by atoms with E-state index in [-0.39, 0.29) is 6.61 Å². The lowest BCUT2D eigenvalue weighted by Gasteiger charge is -2.16. The minimum absolute atomic E-state index is 0.259. The van der Waals surface area contributed by atoms with Gasteiger partial charge in [0, 0.05) is 4.90 Å². The van der Waals surface area contributed by atoms with Crippen molar-refractivity contribution in [1.82, 2.24) is 0 Å². The first-order valence-electron chi connectivity index (χ1n) is 4.35. The second-order valence-corrected chi connectivity index (χ2v) is 5.72. The fourth-order valence-corrected chi connectivity index (χ4v) is 2.27. The predicted molar refractivity (Wildman–Crippen MR) is 63.4 cm³/mol. The smallest absolute Gasteiger partial charge is 0.353 e. The number of esters is 1. The summed E-state index contributed by atoms with van der Waals surface area (Å²) in [7, 11) is 0. The van der Waals surface area contributed by atoms with Gasteiger partial charge in [0.15, 0.2) is 0 Å². The highest BCUT2D eigenvalue weighted by Crippen LogP contribution is 2.40. The summed E-state index contributed by atoms with van der Waals surface area (Å²) >= 11 is 12.8. The molecule has 1 aromatic carbocycles. The molecular formula is C10H10Cl2O2S. The number of alkyl halides is 2. The first-order valence-corrected chi connectivity index (χ1v) is 5.92. The topological polar surface area (TPSA) is 26.3 Å². The van der Waals surface area contributed by atoms with E-state index in [1.165, 1.54) is 0 Å². The first kappa shape index (κ1) is 12.7. The largest absolute Gasteiger partial charge is 0.463 e. The molecule has 0 fully saturated rings. The SMILES string of the molecule is CCOC(=O)C(Cl)(Cl)Sc1ccccc1. The van der Waals surface area contributed by atoms with Crippen molar-refractivity contribution in [2.45, 2.75) is 15.5 Å². The molecule has 0 bridgehead atoms. The Morgan fingerprint density at radius 2 is 2.00 bits per heavy atom. The van der Waals surface area contributed by atoms with Crippen LogP contribution in [0.3, 0.4) is 0 Å². The van der Waals surface area contributed by atoms with Crippen LogP contribution in [0.25, 0.3) is 0 Å². The number of carbonyl (C=O) groups is 1. The molecule has 1 aromatic rings. The van der Waals surface area contributed by atoms with Gasteiger partial charge in [0.25, 0.3) is 3.67 Å². The molecule has 0 radical (unpaired) electrons. The zero-order valence-corrected chi connectivity index (χ0v) is 10.4. The lowest BCUT2D eigenvalue weighted by atomic mass is 10.4. The standard InChI is InChI=1S/C10H10Cl2O2S/c1-2-14-9(13)10(11,12)15-8-6-4-3-5-7-8/h3-7H,2H2,1H3. The quantitative estimate of drug-likeness (QED) is 0.473. The molecule has 5 heteroatoms. The van der Waals surface area contributed by atoms with E-state index in [1.54, 1.807) is 6.92 Å². The number of thioether (sulfide) groups is 1. The van der Waals surface area contributed by atoms with Gasteiger partial charge in [-0.05, 0) is 19.1 Å².